The molecule has 0 heterocycles. The summed E-state index contributed by atoms with van der Waals surface area (Å²) in [5.74, 6) is 1.63. The average Bonchev–Trinajstić information content (AvgIpc) is 2.39. The molecular formula is C16H27NO2. The van der Waals surface area contributed by atoms with Gasteiger partial charge < -0.3 is 15.2 Å². The molecule has 0 radical (unpaired) electrons. The Hall–Kier alpha value is -1.22. The zero-order valence-corrected chi connectivity index (χ0v) is 12.7. The monoisotopic (exact) mass is 265 g/mol. The van der Waals surface area contributed by atoms with Gasteiger partial charge in [0.2, 0.25) is 0 Å². The van der Waals surface area contributed by atoms with Crippen LogP contribution in [0.3, 0.4) is 0 Å². The third-order valence-electron chi connectivity index (χ3n) is 3.38. The second-order valence-corrected chi connectivity index (χ2v) is 5.83. The second-order valence-electron chi connectivity index (χ2n) is 5.83. The smallest absolute Gasteiger partial charge is 0.161 e. The number of benzene rings is 1. The van der Waals surface area contributed by atoms with E-state index in [4.69, 9.17) is 15.2 Å². The zero-order chi connectivity index (χ0) is 14.3. The van der Waals surface area contributed by atoms with Crippen molar-refractivity contribution in [2.75, 3.05) is 20.3 Å². The maximum atomic E-state index is 5.78. The fourth-order valence-electron chi connectivity index (χ4n) is 1.88. The van der Waals surface area contributed by atoms with Gasteiger partial charge in [-0.05, 0) is 55.8 Å². The fourth-order valence-corrected chi connectivity index (χ4v) is 1.88. The molecule has 0 unspecified atom stereocenters. The van der Waals surface area contributed by atoms with E-state index in [9.17, 15) is 0 Å². The quantitative estimate of drug-likeness (QED) is 0.731. The van der Waals surface area contributed by atoms with Gasteiger partial charge in [-0.25, -0.2) is 0 Å². The van der Waals surface area contributed by atoms with Crippen molar-refractivity contribution in [3.05, 3.63) is 23.8 Å². The van der Waals surface area contributed by atoms with E-state index in [0.29, 0.717) is 0 Å². The van der Waals surface area contributed by atoms with Crippen LogP contribution in [0.5, 0.6) is 11.5 Å². The first-order valence-corrected chi connectivity index (χ1v) is 6.96. The van der Waals surface area contributed by atoms with Crippen LogP contribution in [0.4, 0.5) is 0 Å². The standard InChI is InChI=1S/C16H27NO2/c1-13-7-8-14(15(11-13)18-4)19-10-6-5-9-16(2,3)12-17/h7-8,11H,5-6,9-10,12,17H2,1-4H3. The van der Waals surface area contributed by atoms with Crippen LogP contribution in [-0.4, -0.2) is 20.3 Å². The molecular weight excluding hydrogens is 238 g/mol. The van der Waals surface area contributed by atoms with Gasteiger partial charge in [0.05, 0.1) is 13.7 Å². The zero-order valence-electron chi connectivity index (χ0n) is 12.7. The predicted molar refractivity (Wildman–Crippen MR) is 79.9 cm³/mol. The molecule has 19 heavy (non-hydrogen) atoms. The number of rotatable bonds is 8. The highest BCUT2D eigenvalue weighted by molar-refractivity contribution is 5.42. The van der Waals surface area contributed by atoms with Gasteiger partial charge in [-0.1, -0.05) is 19.9 Å². The van der Waals surface area contributed by atoms with Crippen LogP contribution >= 0.6 is 0 Å². The number of aryl methyl sites for hydroxylation is 1. The van der Waals surface area contributed by atoms with Crippen molar-refractivity contribution < 1.29 is 9.47 Å². The van der Waals surface area contributed by atoms with Crippen LogP contribution in [0.25, 0.3) is 0 Å². The molecule has 3 nitrogen and oxygen atoms in total. The minimum Gasteiger partial charge on any atom is -0.493 e. The molecule has 0 bridgehead atoms. The van der Waals surface area contributed by atoms with Crippen molar-refractivity contribution in [1.82, 2.24) is 0 Å². The number of unbranched alkanes of at least 4 members (excludes halogenated alkanes) is 1. The van der Waals surface area contributed by atoms with Crippen molar-refractivity contribution in [3.63, 3.8) is 0 Å². The summed E-state index contributed by atoms with van der Waals surface area (Å²) in [5.41, 5.74) is 7.13. The van der Waals surface area contributed by atoms with Crippen LogP contribution in [0.1, 0.15) is 38.7 Å². The first kappa shape index (κ1) is 15.8. The van der Waals surface area contributed by atoms with Crippen LogP contribution in [0, 0.1) is 12.3 Å². The van der Waals surface area contributed by atoms with E-state index < -0.39 is 0 Å². The highest BCUT2D eigenvalue weighted by Gasteiger charge is 2.14. The molecule has 0 aliphatic carbocycles. The Morgan fingerprint density at radius 1 is 1.16 bits per heavy atom. The molecule has 0 aliphatic rings. The number of ether oxygens (including phenoxy) is 2. The lowest BCUT2D eigenvalue weighted by Crippen LogP contribution is -2.23. The van der Waals surface area contributed by atoms with Gasteiger partial charge in [0.1, 0.15) is 0 Å². The van der Waals surface area contributed by atoms with E-state index in [-0.39, 0.29) is 5.41 Å². The Morgan fingerprint density at radius 2 is 1.89 bits per heavy atom. The molecule has 0 aromatic heterocycles. The summed E-state index contributed by atoms with van der Waals surface area (Å²) in [6, 6.07) is 6.00. The molecule has 0 amide bonds. The van der Waals surface area contributed by atoms with Gasteiger partial charge >= 0.3 is 0 Å². The van der Waals surface area contributed by atoms with E-state index in [1.165, 1.54) is 5.56 Å². The van der Waals surface area contributed by atoms with Crippen LogP contribution < -0.4 is 15.2 Å². The lowest BCUT2D eigenvalue weighted by Gasteiger charge is -2.21. The first-order valence-electron chi connectivity index (χ1n) is 6.96. The van der Waals surface area contributed by atoms with Gasteiger partial charge in [0.25, 0.3) is 0 Å². The van der Waals surface area contributed by atoms with Crippen LogP contribution in [0.15, 0.2) is 18.2 Å². The highest BCUT2D eigenvalue weighted by atomic mass is 16.5. The Labute approximate surface area is 117 Å². The number of methoxy groups -OCH3 is 1. The predicted octanol–water partition coefficient (Wildman–Crippen LogP) is 3.54. The normalized spacial score (nSPS) is 11.4. The maximum absolute atomic E-state index is 5.78. The third kappa shape index (κ3) is 5.52. The van der Waals surface area contributed by atoms with E-state index in [0.717, 1.165) is 43.9 Å². The lowest BCUT2D eigenvalue weighted by atomic mass is 9.87. The highest BCUT2D eigenvalue weighted by Crippen LogP contribution is 2.28. The molecule has 0 aliphatic heterocycles. The van der Waals surface area contributed by atoms with Crippen molar-refractivity contribution in [3.8, 4) is 11.5 Å². The molecule has 2 N–H and O–H groups in total. The average molecular weight is 265 g/mol. The third-order valence-corrected chi connectivity index (χ3v) is 3.38. The van der Waals surface area contributed by atoms with Crippen LogP contribution in [-0.2, 0) is 0 Å². The van der Waals surface area contributed by atoms with Gasteiger partial charge in [0, 0.05) is 0 Å². The van der Waals surface area contributed by atoms with E-state index in [1.807, 2.05) is 25.1 Å². The van der Waals surface area contributed by atoms with Gasteiger partial charge in [-0.3, -0.25) is 0 Å². The summed E-state index contributed by atoms with van der Waals surface area (Å²) in [6.45, 7) is 7.91. The molecule has 0 fully saturated rings. The molecule has 0 saturated heterocycles. The molecule has 1 aromatic carbocycles. The number of hydrogen-bond donors (Lipinski definition) is 1. The van der Waals surface area contributed by atoms with Crippen molar-refractivity contribution in [1.29, 1.82) is 0 Å². The van der Waals surface area contributed by atoms with Crippen LogP contribution in [0.2, 0.25) is 0 Å². The Kier molecular flexibility index (Phi) is 6.16. The fraction of sp³-hybridized carbons (Fsp3) is 0.625. The molecule has 1 rings (SSSR count). The summed E-state index contributed by atoms with van der Waals surface area (Å²) < 4.78 is 11.1. The SMILES string of the molecule is COc1cc(C)ccc1OCCCCC(C)(C)CN. The largest absolute Gasteiger partial charge is 0.493 e. The number of nitrogens with two attached hydrogens (primary N) is 1. The van der Waals surface area contributed by atoms with Gasteiger partial charge in [-0.2, -0.15) is 0 Å². The topological polar surface area (TPSA) is 44.5 Å². The lowest BCUT2D eigenvalue weighted by molar-refractivity contribution is 0.267. The minimum absolute atomic E-state index is 0.238. The Balaban J connectivity index is 2.34. The van der Waals surface area contributed by atoms with E-state index in [2.05, 4.69) is 13.8 Å². The summed E-state index contributed by atoms with van der Waals surface area (Å²) in [7, 11) is 1.67. The molecule has 108 valence electrons. The summed E-state index contributed by atoms with van der Waals surface area (Å²) in [6.07, 6.45) is 3.32. The second kappa shape index (κ2) is 7.39. The summed E-state index contributed by atoms with van der Waals surface area (Å²) in [5, 5.41) is 0. The summed E-state index contributed by atoms with van der Waals surface area (Å²) in [4.78, 5) is 0. The molecule has 3 heteroatoms. The van der Waals surface area contributed by atoms with E-state index >= 15 is 0 Å². The Morgan fingerprint density at radius 3 is 2.53 bits per heavy atom. The van der Waals surface area contributed by atoms with Crippen molar-refractivity contribution in [2.24, 2.45) is 11.1 Å². The van der Waals surface area contributed by atoms with Crippen molar-refractivity contribution in [2.45, 2.75) is 40.0 Å². The molecule has 1 aromatic rings. The summed E-state index contributed by atoms with van der Waals surface area (Å²) >= 11 is 0. The van der Waals surface area contributed by atoms with Crippen molar-refractivity contribution >= 4 is 0 Å². The molecule has 0 atom stereocenters. The maximum Gasteiger partial charge on any atom is 0.161 e. The van der Waals surface area contributed by atoms with Gasteiger partial charge in [0.15, 0.2) is 11.5 Å². The molecule has 0 spiro atoms. The van der Waals surface area contributed by atoms with E-state index in [1.54, 1.807) is 7.11 Å². The molecule has 0 saturated carbocycles. The Bertz CT molecular complexity index is 388. The number of hydrogen-bond acceptors (Lipinski definition) is 3. The first-order chi connectivity index (χ1) is 8.98. The van der Waals surface area contributed by atoms with Gasteiger partial charge in [-0.15, -0.1) is 0 Å². The minimum atomic E-state index is 0.238.